The lowest BCUT2D eigenvalue weighted by Crippen LogP contribution is -2.30. The van der Waals surface area contributed by atoms with Crippen LogP contribution < -0.4 is 15.2 Å². The van der Waals surface area contributed by atoms with Gasteiger partial charge < -0.3 is 15.2 Å². The maximum Gasteiger partial charge on any atom is 0.123 e. The van der Waals surface area contributed by atoms with E-state index in [2.05, 4.69) is 18.2 Å². The Morgan fingerprint density at radius 2 is 1.95 bits per heavy atom. The van der Waals surface area contributed by atoms with Crippen molar-refractivity contribution in [2.45, 2.75) is 31.4 Å². The number of nitrogens with two attached hydrogens (primary N) is 1. The predicted molar refractivity (Wildman–Crippen MR) is 81.7 cm³/mol. The van der Waals surface area contributed by atoms with Gasteiger partial charge in [0, 0.05) is 6.42 Å². The number of hydrogen-bond acceptors (Lipinski definition) is 3. The Hall–Kier alpha value is -2.00. The van der Waals surface area contributed by atoms with Crippen molar-refractivity contribution >= 4 is 0 Å². The van der Waals surface area contributed by atoms with Gasteiger partial charge >= 0.3 is 0 Å². The molecule has 21 heavy (non-hydrogen) atoms. The summed E-state index contributed by atoms with van der Waals surface area (Å²) >= 11 is 0. The first-order valence-electron chi connectivity index (χ1n) is 7.57. The molecule has 0 radical (unpaired) electrons. The molecule has 0 aromatic heterocycles. The maximum absolute atomic E-state index is 6.45. The van der Waals surface area contributed by atoms with Crippen molar-refractivity contribution in [1.82, 2.24) is 0 Å². The van der Waals surface area contributed by atoms with Gasteiger partial charge in [-0.25, -0.2) is 0 Å². The molecule has 0 fully saturated rings. The van der Waals surface area contributed by atoms with E-state index in [4.69, 9.17) is 15.2 Å². The Labute approximate surface area is 124 Å². The van der Waals surface area contributed by atoms with Crippen molar-refractivity contribution in [3.05, 3.63) is 59.2 Å². The van der Waals surface area contributed by atoms with Gasteiger partial charge in [-0.1, -0.05) is 30.3 Å². The summed E-state index contributed by atoms with van der Waals surface area (Å²) in [5.74, 6) is 1.98. The maximum atomic E-state index is 6.45. The first kappa shape index (κ1) is 12.7. The third-order valence-corrected chi connectivity index (χ3v) is 4.39. The van der Waals surface area contributed by atoms with Gasteiger partial charge in [-0.15, -0.1) is 0 Å². The van der Waals surface area contributed by atoms with E-state index in [-0.39, 0.29) is 12.1 Å². The van der Waals surface area contributed by atoms with Crippen molar-refractivity contribution in [2.75, 3.05) is 6.61 Å². The van der Waals surface area contributed by atoms with Crippen LogP contribution in [0.4, 0.5) is 0 Å². The molecule has 2 aliphatic rings. The molecule has 0 aliphatic carbocycles. The molecule has 3 heteroatoms. The van der Waals surface area contributed by atoms with Crippen molar-refractivity contribution in [2.24, 2.45) is 5.73 Å². The number of fused-ring (bicyclic) bond motifs is 2. The fourth-order valence-electron chi connectivity index (χ4n) is 3.21. The molecule has 2 atom stereocenters. The molecule has 2 aromatic carbocycles. The summed E-state index contributed by atoms with van der Waals surface area (Å²) in [5.41, 5.74) is 10.1. The fraction of sp³-hybridized carbons (Fsp3) is 0.333. The second-order valence-corrected chi connectivity index (χ2v) is 5.81. The van der Waals surface area contributed by atoms with Gasteiger partial charge in [-0.2, -0.15) is 0 Å². The second-order valence-electron chi connectivity index (χ2n) is 5.81. The van der Waals surface area contributed by atoms with Gasteiger partial charge in [0.25, 0.3) is 0 Å². The molecule has 0 spiro atoms. The quantitative estimate of drug-likeness (QED) is 0.920. The van der Waals surface area contributed by atoms with Crippen LogP contribution >= 0.6 is 0 Å². The Balaban J connectivity index is 1.57. The zero-order valence-electron chi connectivity index (χ0n) is 11.9. The number of aryl methyl sites for hydroxylation is 1. The lowest BCUT2D eigenvalue weighted by molar-refractivity contribution is 0.199. The number of rotatable bonds is 2. The third-order valence-electron chi connectivity index (χ3n) is 4.39. The third kappa shape index (κ3) is 2.28. The molecule has 2 unspecified atom stereocenters. The Morgan fingerprint density at radius 1 is 1.05 bits per heavy atom. The number of hydrogen-bond donors (Lipinski definition) is 1. The van der Waals surface area contributed by atoms with Crippen molar-refractivity contribution in [1.29, 1.82) is 0 Å². The highest BCUT2D eigenvalue weighted by Crippen LogP contribution is 2.34. The molecule has 3 nitrogen and oxygen atoms in total. The van der Waals surface area contributed by atoms with E-state index in [1.807, 2.05) is 24.3 Å². The molecule has 108 valence electrons. The minimum absolute atomic E-state index is 0.0185. The normalized spacial score (nSPS) is 20.9. The van der Waals surface area contributed by atoms with Crippen molar-refractivity contribution in [3.8, 4) is 11.5 Å². The highest BCUT2D eigenvalue weighted by Gasteiger charge is 2.29. The predicted octanol–water partition coefficient (Wildman–Crippen LogP) is 3.02. The van der Waals surface area contributed by atoms with Crippen LogP contribution in [0.15, 0.2) is 42.5 Å². The van der Waals surface area contributed by atoms with Crippen molar-refractivity contribution in [3.63, 3.8) is 0 Å². The second kappa shape index (κ2) is 5.08. The molecule has 2 aromatic rings. The van der Waals surface area contributed by atoms with Gasteiger partial charge in [0.1, 0.15) is 17.6 Å². The van der Waals surface area contributed by atoms with Crippen LogP contribution in [-0.4, -0.2) is 12.7 Å². The highest BCUT2D eigenvalue weighted by molar-refractivity contribution is 5.42. The van der Waals surface area contributed by atoms with E-state index in [1.54, 1.807) is 0 Å². The molecule has 0 bridgehead atoms. The molecule has 0 amide bonds. The number of ether oxygens (including phenoxy) is 2. The minimum Gasteiger partial charge on any atom is -0.493 e. The van der Waals surface area contributed by atoms with Crippen molar-refractivity contribution < 1.29 is 9.47 Å². The fourth-order valence-corrected chi connectivity index (χ4v) is 3.21. The van der Waals surface area contributed by atoms with E-state index >= 15 is 0 Å². The van der Waals surface area contributed by atoms with Gasteiger partial charge in [0.05, 0.1) is 12.6 Å². The monoisotopic (exact) mass is 281 g/mol. The molecule has 2 N–H and O–H groups in total. The molecule has 2 aliphatic heterocycles. The van der Waals surface area contributed by atoms with E-state index in [9.17, 15) is 0 Å². The van der Waals surface area contributed by atoms with Gasteiger partial charge in [0.15, 0.2) is 0 Å². The van der Waals surface area contributed by atoms with Gasteiger partial charge in [-0.05, 0) is 41.7 Å². The highest BCUT2D eigenvalue weighted by atomic mass is 16.5. The standard InChI is InChI=1S/C18H19NO2/c19-18(17-11-13-4-1-2-6-16(13)21-17)14-7-8-15-12(10-14)5-3-9-20-15/h1-2,4,6-8,10,17-18H,3,5,9,11,19H2. The van der Waals surface area contributed by atoms with Gasteiger partial charge in [-0.3, -0.25) is 0 Å². The summed E-state index contributed by atoms with van der Waals surface area (Å²) in [5, 5.41) is 0. The van der Waals surface area contributed by atoms with Crippen LogP contribution in [0.1, 0.15) is 29.2 Å². The van der Waals surface area contributed by atoms with Gasteiger partial charge in [0.2, 0.25) is 0 Å². The zero-order valence-corrected chi connectivity index (χ0v) is 11.9. The van der Waals surface area contributed by atoms with E-state index in [1.165, 1.54) is 11.1 Å². The molecule has 0 saturated carbocycles. The van der Waals surface area contributed by atoms with Crippen LogP contribution in [0, 0.1) is 0 Å². The number of para-hydroxylation sites is 1. The minimum atomic E-state index is -0.107. The Kier molecular flexibility index (Phi) is 3.08. The molecular formula is C18H19NO2. The van der Waals surface area contributed by atoms with Crippen LogP contribution in [0.3, 0.4) is 0 Å². The summed E-state index contributed by atoms with van der Waals surface area (Å²) in [6.45, 7) is 0.819. The molecule has 0 saturated heterocycles. The summed E-state index contributed by atoms with van der Waals surface area (Å²) in [6.07, 6.45) is 3.05. The van der Waals surface area contributed by atoms with Crippen LogP contribution in [-0.2, 0) is 12.8 Å². The smallest absolute Gasteiger partial charge is 0.123 e. The Morgan fingerprint density at radius 3 is 2.86 bits per heavy atom. The van der Waals surface area contributed by atoms with E-state index in [0.29, 0.717) is 0 Å². The van der Waals surface area contributed by atoms with Crippen LogP contribution in [0.2, 0.25) is 0 Å². The van der Waals surface area contributed by atoms with E-state index in [0.717, 1.165) is 42.9 Å². The molecule has 4 rings (SSSR count). The summed E-state index contributed by atoms with van der Waals surface area (Å²) in [7, 11) is 0. The first-order chi connectivity index (χ1) is 10.3. The van der Waals surface area contributed by atoms with Crippen LogP contribution in [0.25, 0.3) is 0 Å². The average molecular weight is 281 g/mol. The lowest BCUT2D eigenvalue weighted by Gasteiger charge is -2.23. The summed E-state index contributed by atoms with van der Waals surface area (Å²) in [6, 6.07) is 14.4. The van der Waals surface area contributed by atoms with Crippen LogP contribution in [0.5, 0.6) is 11.5 Å². The van der Waals surface area contributed by atoms with E-state index < -0.39 is 0 Å². The lowest BCUT2D eigenvalue weighted by atomic mass is 9.95. The summed E-state index contributed by atoms with van der Waals surface area (Å²) < 4.78 is 11.7. The Bertz CT molecular complexity index is 643. The molecule has 2 heterocycles. The largest absolute Gasteiger partial charge is 0.493 e. The average Bonchev–Trinajstić information content (AvgIpc) is 2.97. The topological polar surface area (TPSA) is 44.5 Å². The summed E-state index contributed by atoms with van der Waals surface area (Å²) in [4.78, 5) is 0. The first-order valence-corrected chi connectivity index (χ1v) is 7.57. The number of benzene rings is 2. The SMILES string of the molecule is NC(c1ccc2c(c1)CCCO2)C1Cc2ccccc2O1. The molecular weight excluding hydrogens is 262 g/mol. The zero-order chi connectivity index (χ0) is 14.2.